The van der Waals surface area contributed by atoms with Crippen LogP contribution in [-0.4, -0.2) is 21.8 Å². The standard InChI is InChI=1S/C13H18N4/c1-8-11-9-6-4-5-7-10(9)15-13(14-2)12(11)16-17(8)3/h4-7H2,1-3H3,(H,14,15). The van der Waals surface area contributed by atoms with Gasteiger partial charge in [0.05, 0.1) is 0 Å². The van der Waals surface area contributed by atoms with Gasteiger partial charge in [-0.25, -0.2) is 4.98 Å². The van der Waals surface area contributed by atoms with Crippen LogP contribution in [0.1, 0.15) is 29.8 Å². The topological polar surface area (TPSA) is 42.7 Å². The first-order chi connectivity index (χ1) is 8.22. The Kier molecular flexibility index (Phi) is 2.31. The van der Waals surface area contributed by atoms with Crippen LogP contribution < -0.4 is 5.32 Å². The first-order valence-electron chi connectivity index (χ1n) is 6.25. The van der Waals surface area contributed by atoms with Gasteiger partial charge in [-0.05, 0) is 38.2 Å². The quantitative estimate of drug-likeness (QED) is 0.816. The maximum absolute atomic E-state index is 4.73. The molecule has 3 rings (SSSR count). The summed E-state index contributed by atoms with van der Waals surface area (Å²) in [7, 11) is 3.92. The molecule has 1 aliphatic rings. The fraction of sp³-hybridized carbons (Fsp3) is 0.538. The summed E-state index contributed by atoms with van der Waals surface area (Å²) in [6, 6.07) is 0. The number of hydrogen-bond acceptors (Lipinski definition) is 3. The smallest absolute Gasteiger partial charge is 0.154 e. The van der Waals surface area contributed by atoms with Gasteiger partial charge in [-0.1, -0.05) is 0 Å². The van der Waals surface area contributed by atoms with Crippen molar-refractivity contribution in [1.82, 2.24) is 14.8 Å². The van der Waals surface area contributed by atoms with Crippen LogP contribution in [0.4, 0.5) is 5.82 Å². The van der Waals surface area contributed by atoms with Crippen LogP contribution in [0.2, 0.25) is 0 Å². The molecular weight excluding hydrogens is 212 g/mol. The highest BCUT2D eigenvalue weighted by Gasteiger charge is 2.20. The number of aromatic nitrogens is 3. The molecule has 2 aromatic rings. The number of pyridine rings is 1. The number of aryl methyl sites for hydroxylation is 4. The van der Waals surface area contributed by atoms with Crippen molar-refractivity contribution in [2.24, 2.45) is 7.05 Å². The SMILES string of the molecule is CNc1nc2c(c3c(C)n(C)nc13)CCCC2. The maximum atomic E-state index is 4.73. The molecule has 0 saturated carbocycles. The lowest BCUT2D eigenvalue weighted by molar-refractivity contribution is 0.673. The lowest BCUT2D eigenvalue weighted by atomic mass is 9.92. The van der Waals surface area contributed by atoms with Crippen LogP contribution in [0.3, 0.4) is 0 Å². The Hall–Kier alpha value is -1.58. The molecule has 0 fully saturated rings. The first-order valence-corrected chi connectivity index (χ1v) is 6.25. The Morgan fingerprint density at radius 3 is 2.76 bits per heavy atom. The average Bonchev–Trinajstić information content (AvgIpc) is 2.65. The maximum Gasteiger partial charge on any atom is 0.154 e. The van der Waals surface area contributed by atoms with Gasteiger partial charge in [-0.3, -0.25) is 4.68 Å². The summed E-state index contributed by atoms with van der Waals surface area (Å²) in [6.07, 6.45) is 4.79. The normalized spacial score (nSPS) is 15.0. The van der Waals surface area contributed by atoms with E-state index in [4.69, 9.17) is 4.98 Å². The zero-order valence-electron chi connectivity index (χ0n) is 10.7. The molecule has 0 aliphatic heterocycles. The van der Waals surface area contributed by atoms with Crippen LogP contribution in [0.15, 0.2) is 0 Å². The number of nitrogens with one attached hydrogen (secondary N) is 1. The summed E-state index contributed by atoms with van der Waals surface area (Å²) in [5, 5.41) is 9.08. The van der Waals surface area contributed by atoms with Crippen LogP contribution in [0.25, 0.3) is 10.9 Å². The first kappa shape index (κ1) is 10.6. The van der Waals surface area contributed by atoms with Crippen LogP contribution >= 0.6 is 0 Å². The molecule has 2 aromatic heterocycles. The molecule has 0 radical (unpaired) electrons. The molecule has 4 nitrogen and oxygen atoms in total. The van der Waals surface area contributed by atoms with E-state index in [9.17, 15) is 0 Å². The van der Waals surface area contributed by atoms with E-state index in [2.05, 4.69) is 17.3 Å². The summed E-state index contributed by atoms with van der Waals surface area (Å²) >= 11 is 0. The Labute approximate surface area is 101 Å². The molecule has 0 atom stereocenters. The van der Waals surface area contributed by atoms with Gasteiger partial charge in [0.2, 0.25) is 0 Å². The molecule has 0 amide bonds. The lowest BCUT2D eigenvalue weighted by Crippen LogP contribution is -2.08. The molecule has 90 valence electrons. The van der Waals surface area contributed by atoms with Crippen LogP contribution in [-0.2, 0) is 19.9 Å². The van der Waals surface area contributed by atoms with Crippen molar-refractivity contribution in [3.05, 3.63) is 17.0 Å². The number of rotatable bonds is 1. The number of fused-ring (bicyclic) bond motifs is 3. The van der Waals surface area contributed by atoms with E-state index >= 15 is 0 Å². The second-order valence-electron chi connectivity index (χ2n) is 4.78. The second-order valence-corrected chi connectivity index (χ2v) is 4.78. The molecule has 17 heavy (non-hydrogen) atoms. The zero-order chi connectivity index (χ0) is 12.0. The molecule has 1 N–H and O–H groups in total. The van der Waals surface area contributed by atoms with E-state index in [-0.39, 0.29) is 0 Å². The zero-order valence-corrected chi connectivity index (χ0v) is 10.7. The van der Waals surface area contributed by atoms with Gasteiger partial charge in [0, 0.05) is 30.9 Å². The lowest BCUT2D eigenvalue weighted by Gasteiger charge is -2.17. The Morgan fingerprint density at radius 2 is 2.00 bits per heavy atom. The van der Waals surface area contributed by atoms with Gasteiger partial charge in [0.25, 0.3) is 0 Å². The van der Waals surface area contributed by atoms with Crippen molar-refractivity contribution in [2.75, 3.05) is 12.4 Å². The van der Waals surface area contributed by atoms with Crippen molar-refractivity contribution in [1.29, 1.82) is 0 Å². The van der Waals surface area contributed by atoms with Crippen molar-refractivity contribution in [2.45, 2.75) is 32.6 Å². The van der Waals surface area contributed by atoms with E-state index in [0.717, 1.165) is 24.2 Å². The van der Waals surface area contributed by atoms with Gasteiger partial charge in [-0.2, -0.15) is 5.10 Å². The van der Waals surface area contributed by atoms with E-state index in [0.29, 0.717) is 0 Å². The third-order valence-corrected chi connectivity index (χ3v) is 3.78. The Morgan fingerprint density at radius 1 is 1.24 bits per heavy atom. The minimum Gasteiger partial charge on any atom is -0.371 e. The summed E-state index contributed by atoms with van der Waals surface area (Å²) < 4.78 is 1.96. The predicted octanol–water partition coefficient (Wildman–Crippen LogP) is 2.20. The Bertz CT molecular complexity index is 583. The largest absolute Gasteiger partial charge is 0.371 e. The second kappa shape index (κ2) is 3.72. The number of anilines is 1. The fourth-order valence-corrected chi connectivity index (χ4v) is 2.78. The van der Waals surface area contributed by atoms with E-state index in [1.54, 1.807) is 0 Å². The van der Waals surface area contributed by atoms with E-state index in [1.807, 2.05) is 18.8 Å². The highest BCUT2D eigenvalue weighted by molar-refractivity contribution is 5.93. The van der Waals surface area contributed by atoms with Gasteiger partial charge >= 0.3 is 0 Å². The molecule has 0 spiro atoms. The van der Waals surface area contributed by atoms with Crippen molar-refractivity contribution >= 4 is 16.7 Å². The Balaban J connectivity index is 2.41. The minimum absolute atomic E-state index is 0.921. The van der Waals surface area contributed by atoms with Crippen molar-refractivity contribution in [3.63, 3.8) is 0 Å². The van der Waals surface area contributed by atoms with Crippen molar-refractivity contribution < 1.29 is 0 Å². The third-order valence-electron chi connectivity index (χ3n) is 3.78. The van der Waals surface area contributed by atoms with Gasteiger partial charge in [0.1, 0.15) is 5.52 Å². The molecule has 0 aromatic carbocycles. The monoisotopic (exact) mass is 230 g/mol. The van der Waals surface area contributed by atoms with E-state index < -0.39 is 0 Å². The third kappa shape index (κ3) is 1.43. The minimum atomic E-state index is 0.921. The molecule has 1 aliphatic carbocycles. The van der Waals surface area contributed by atoms with Crippen molar-refractivity contribution in [3.8, 4) is 0 Å². The summed E-state index contributed by atoms with van der Waals surface area (Å²) in [5.74, 6) is 0.921. The predicted molar refractivity (Wildman–Crippen MR) is 69.4 cm³/mol. The number of hydrogen-bond donors (Lipinski definition) is 1. The van der Waals surface area contributed by atoms with Gasteiger partial charge in [0.15, 0.2) is 5.82 Å². The van der Waals surface area contributed by atoms with Crippen LogP contribution in [0, 0.1) is 6.92 Å². The average molecular weight is 230 g/mol. The van der Waals surface area contributed by atoms with Crippen LogP contribution in [0.5, 0.6) is 0 Å². The van der Waals surface area contributed by atoms with E-state index in [1.165, 1.54) is 35.2 Å². The molecule has 0 bridgehead atoms. The number of nitrogens with zero attached hydrogens (tertiary/aromatic N) is 3. The molecular formula is C13H18N4. The molecule has 4 heteroatoms. The molecule has 2 heterocycles. The summed E-state index contributed by atoms with van der Waals surface area (Å²) in [5.41, 5.74) is 4.96. The summed E-state index contributed by atoms with van der Waals surface area (Å²) in [6.45, 7) is 2.14. The van der Waals surface area contributed by atoms with Gasteiger partial charge in [-0.15, -0.1) is 0 Å². The molecule has 0 unspecified atom stereocenters. The highest BCUT2D eigenvalue weighted by atomic mass is 15.3. The fourth-order valence-electron chi connectivity index (χ4n) is 2.78. The highest BCUT2D eigenvalue weighted by Crippen LogP contribution is 2.32. The molecule has 0 saturated heterocycles. The summed E-state index contributed by atoms with van der Waals surface area (Å²) in [4.78, 5) is 4.73. The van der Waals surface area contributed by atoms with Gasteiger partial charge < -0.3 is 5.32 Å².